The molecule has 0 radical (unpaired) electrons. The molecule has 1 aliphatic carbocycles. The van der Waals surface area contributed by atoms with Gasteiger partial charge in [0.2, 0.25) is 0 Å². The Morgan fingerprint density at radius 2 is 2.00 bits per heavy atom. The number of aliphatic hydroxyl groups is 1. The summed E-state index contributed by atoms with van der Waals surface area (Å²) < 4.78 is 0. The maximum atomic E-state index is 10.9. The fourth-order valence-corrected chi connectivity index (χ4v) is 3.72. The van der Waals surface area contributed by atoms with E-state index in [9.17, 15) is 5.11 Å². The molecular formula is C15H29NO. The van der Waals surface area contributed by atoms with Gasteiger partial charge >= 0.3 is 0 Å². The molecule has 0 spiro atoms. The Balaban J connectivity index is 2.00. The summed E-state index contributed by atoms with van der Waals surface area (Å²) in [6.45, 7) is 8.00. The van der Waals surface area contributed by atoms with Crippen molar-refractivity contribution in [1.82, 2.24) is 5.32 Å². The average molecular weight is 239 g/mol. The van der Waals surface area contributed by atoms with Gasteiger partial charge in [-0.05, 0) is 56.4 Å². The lowest BCUT2D eigenvalue weighted by Gasteiger charge is -2.47. The van der Waals surface area contributed by atoms with Gasteiger partial charge in [0.25, 0.3) is 0 Å². The Kier molecular flexibility index (Phi) is 4.14. The van der Waals surface area contributed by atoms with Crippen LogP contribution in [0.5, 0.6) is 0 Å². The van der Waals surface area contributed by atoms with Gasteiger partial charge in [-0.15, -0.1) is 0 Å². The fraction of sp³-hybridized carbons (Fsp3) is 1.00. The van der Waals surface area contributed by atoms with E-state index in [4.69, 9.17) is 0 Å². The van der Waals surface area contributed by atoms with Crippen molar-refractivity contribution in [3.05, 3.63) is 0 Å². The number of nitrogens with one attached hydrogen (secondary N) is 1. The molecule has 2 aliphatic rings. The first-order valence-corrected chi connectivity index (χ1v) is 7.51. The highest BCUT2D eigenvalue weighted by Gasteiger charge is 2.43. The van der Waals surface area contributed by atoms with Crippen molar-refractivity contribution >= 4 is 0 Å². The summed E-state index contributed by atoms with van der Waals surface area (Å²) in [5.41, 5.74) is -0.431. The van der Waals surface area contributed by atoms with Crippen LogP contribution in [0.3, 0.4) is 0 Å². The van der Waals surface area contributed by atoms with E-state index in [2.05, 4.69) is 26.1 Å². The zero-order valence-electron chi connectivity index (χ0n) is 11.7. The third kappa shape index (κ3) is 2.85. The van der Waals surface area contributed by atoms with Crippen LogP contribution in [0.1, 0.15) is 59.3 Å². The molecule has 1 saturated carbocycles. The predicted molar refractivity (Wildman–Crippen MR) is 71.9 cm³/mol. The van der Waals surface area contributed by atoms with Gasteiger partial charge < -0.3 is 10.4 Å². The second-order valence-electron chi connectivity index (χ2n) is 6.61. The largest absolute Gasteiger partial charge is 0.388 e. The maximum absolute atomic E-state index is 10.9. The van der Waals surface area contributed by atoms with Crippen molar-refractivity contribution in [3.63, 3.8) is 0 Å². The van der Waals surface area contributed by atoms with Gasteiger partial charge in [-0.2, -0.15) is 0 Å². The molecule has 0 aromatic heterocycles. The van der Waals surface area contributed by atoms with Crippen molar-refractivity contribution in [2.24, 2.45) is 17.8 Å². The van der Waals surface area contributed by atoms with Crippen LogP contribution in [0, 0.1) is 17.8 Å². The molecule has 5 unspecified atom stereocenters. The second-order valence-corrected chi connectivity index (χ2v) is 6.61. The van der Waals surface area contributed by atoms with Crippen molar-refractivity contribution in [2.45, 2.75) is 70.9 Å². The molecule has 0 aromatic rings. The summed E-state index contributed by atoms with van der Waals surface area (Å²) >= 11 is 0. The van der Waals surface area contributed by atoms with Crippen molar-refractivity contribution in [3.8, 4) is 0 Å². The SMILES string of the molecule is CCC1CCNC(C2(O)CCC(C)C(C)C2)C1. The van der Waals surface area contributed by atoms with Crippen LogP contribution >= 0.6 is 0 Å². The molecule has 2 nitrogen and oxygen atoms in total. The molecule has 2 fully saturated rings. The highest BCUT2D eigenvalue weighted by Crippen LogP contribution is 2.40. The summed E-state index contributed by atoms with van der Waals surface area (Å²) in [5, 5.41) is 14.5. The molecule has 100 valence electrons. The van der Waals surface area contributed by atoms with Crippen LogP contribution in [0.2, 0.25) is 0 Å². The Hall–Kier alpha value is -0.0800. The molecule has 0 amide bonds. The first-order chi connectivity index (χ1) is 8.05. The Morgan fingerprint density at radius 1 is 1.24 bits per heavy atom. The maximum Gasteiger partial charge on any atom is 0.0802 e. The molecule has 2 heteroatoms. The molecule has 1 saturated heterocycles. The zero-order valence-corrected chi connectivity index (χ0v) is 11.7. The minimum Gasteiger partial charge on any atom is -0.388 e. The molecule has 2 rings (SSSR count). The highest BCUT2D eigenvalue weighted by molar-refractivity contribution is 4.99. The van der Waals surface area contributed by atoms with E-state index in [0.717, 1.165) is 31.2 Å². The van der Waals surface area contributed by atoms with E-state index in [-0.39, 0.29) is 0 Å². The van der Waals surface area contributed by atoms with Crippen LogP contribution in [-0.2, 0) is 0 Å². The molecule has 0 aromatic carbocycles. The molecule has 5 atom stereocenters. The fourth-order valence-electron chi connectivity index (χ4n) is 3.72. The molecule has 1 heterocycles. The second kappa shape index (κ2) is 5.27. The molecular weight excluding hydrogens is 210 g/mol. The predicted octanol–water partition coefficient (Wildman–Crippen LogP) is 2.95. The molecule has 2 N–H and O–H groups in total. The van der Waals surface area contributed by atoms with Gasteiger partial charge in [0, 0.05) is 6.04 Å². The van der Waals surface area contributed by atoms with Gasteiger partial charge in [0.15, 0.2) is 0 Å². The van der Waals surface area contributed by atoms with Gasteiger partial charge in [-0.25, -0.2) is 0 Å². The topological polar surface area (TPSA) is 32.3 Å². The minimum absolute atomic E-state index is 0.344. The minimum atomic E-state index is -0.431. The number of hydrogen-bond donors (Lipinski definition) is 2. The number of hydrogen-bond acceptors (Lipinski definition) is 2. The standard InChI is InChI=1S/C15H29NO/c1-4-13-6-8-16-14(9-13)15(17)7-5-11(2)12(3)10-15/h11-14,16-17H,4-10H2,1-3H3. The van der Waals surface area contributed by atoms with Crippen molar-refractivity contribution < 1.29 is 5.11 Å². The first-order valence-electron chi connectivity index (χ1n) is 7.51. The monoisotopic (exact) mass is 239 g/mol. The van der Waals surface area contributed by atoms with Gasteiger partial charge in [0.05, 0.1) is 5.60 Å². The van der Waals surface area contributed by atoms with Gasteiger partial charge in [-0.1, -0.05) is 27.2 Å². The normalized spacial score (nSPS) is 48.0. The van der Waals surface area contributed by atoms with Crippen LogP contribution in [0.4, 0.5) is 0 Å². The van der Waals surface area contributed by atoms with E-state index < -0.39 is 5.60 Å². The first kappa shape index (κ1) is 13.4. The number of piperidine rings is 1. The Bertz CT molecular complexity index is 255. The van der Waals surface area contributed by atoms with Crippen molar-refractivity contribution in [1.29, 1.82) is 0 Å². The van der Waals surface area contributed by atoms with E-state index in [1.54, 1.807) is 0 Å². The molecule has 17 heavy (non-hydrogen) atoms. The Labute approximate surface area is 106 Å². The van der Waals surface area contributed by atoms with E-state index in [1.807, 2.05) is 0 Å². The quantitative estimate of drug-likeness (QED) is 0.776. The van der Waals surface area contributed by atoms with Crippen LogP contribution < -0.4 is 5.32 Å². The zero-order chi connectivity index (χ0) is 12.5. The van der Waals surface area contributed by atoms with Crippen molar-refractivity contribution in [2.75, 3.05) is 6.54 Å². The molecule has 1 aliphatic heterocycles. The summed E-state index contributed by atoms with van der Waals surface area (Å²) in [4.78, 5) is 0. The van der Waals surface area contributed by atoms with Crippen LogP contribution in [0.15, 0.2) is 0 Å². The van der Waals surface area contributed by atoms with Crippen LogP contribution in [-0.4, -0.2) is 23.3 Å². The molecule has 0 bridgehead atoms. The lowest BCUT2D eigenvalue weighted by atomic mass is 9.68. The lowest BCUT2D eigenvalue weighted by Crippen LogP contribution is -2.56. The summed E-state index contributed by atoms with van der Waals surface area (Å²) in [6, 6.07) is 0.344. The highest BCUT2D eigenvalue weighted by atomic mass is 16.3. The van der Waals surface area contributed by atoms with Crippen LogP contribution in [0.25, 0.3) is 0 Å². The van der Waals surface area contributed by atoms with E-state index in [1.165, 1.54) is 25.7 Å². The third-order valence-electron chi connectivity index (χ3n) is 5.42. The van der Waals surface area contributed by atoms with Gasteiger partial charge in [0.1, 0.15) is 0 Å². The van der Waals surface area contributed by atoms with E-state index in [0.29, 0.717) is 12.0 Å². The summed E-state index contributed by atoms with van der Waals surface area (Å²) in [7, 11) is 0. The average Bonchev–Trinajstić information content (AvgIpc) is 2.34. The summed E-state index contributed by atoms with van der Waals surface area (Å²) in [5.74, 6) is 2.26. The smallest absolute Gasteiger partial charge is 0.0802 e. The Morgan fingerprint density at radius 3 is 2.65 bits per heavy atom. The van der Waals surface area contributed by atoms with E-state index >= 15 is 0 Å². The lowest BCUT2D eigenvalue weighted by molar-refractivity contribution is -0.0685. The third-order valence-corrected chi connectivity index (χ3v) is 5.42. The summed E-state index contributed by atoms with van der Waals surface area (Å²) in [6.07, 6.45) is 6.89. The van der Waals surface area contributed by atoms with Gasteiger partial charge in [-0.3, -0.25) is 0 Å². The number of rotatable bonds is 2.